The Morgan fingerprint density at radius 1 is 1.25 bits per heavy atom. The van der Waals surface area contributed by atoms with E-state index < -0.39 is 0 Å². The van der Waals surface area contributed by atoms with Crippen molar-refractivity contribution in [1.82, 2.24) is 0 Å². The van der Waals surface area contributed by atoms with Gasteiger partial charge in [0.15, 0.2) is 5.17 Å². The average Bonchev–Trinajstić information content (AvgIpc) is 2.38. The van der Waals surface area contributed by atoms with Crippen LogP contribution in [0.3, 0.4) is 0 Å². The monoisotopic (exact) mass is 290 g/mol. The van der Waals surface area contributed by atoms with Crippen molar-refractivity contribution >= 4 is 22.6 Å². The molecule has 0 aliphatic carbocycles. The first kappa shape index (κ1) is 15.4. The number of para-hydroxylation sites is 1. The number of nitrogens with zero attached hydrogens (tertiary/aromatic N) is 1. The van der Waals surface area contributed by atoms with Crippen molar-refractivity contribution in [2.45, 2.75) is 53.0 Å². The molecule has 1 aliphatic heterocycles. The SMILES string of the molecule is CC(C)c1ccccc1NC1=NC(C(C)(C)C)CCS1. The van der Waals surface area contributed by atoms with Crippen LogP contribution in [0, 0.1) is 5.41 Å². The molecule has 1 atom stereocenters. The van der Waals surface area contributed by atoms with Crippen molar-refractivity contribution in [1.29, 1.82) is 0 Å². The summed E-state index contributed by atoms with van der Waals surface area (Å²) in [6, 6.07) is 8.96. The van der Waals surface area contributed by atoms with Crippen LogP contribution in [0.2, 0.25) is 0 Å². The molecule has 1 aromatic rings. The van der Waals surface area contributed by atoms with Gasteiger partial charge in [-0.1, -0.05) is 64.6 Å². The Morgan fingerprint density at radius 3 is 2.60 bits per heavy atom. The summed E-state index contributed by atoms with van der Waals surface area (Å²) >= 11 is 1.84. The summed E-state index contributed by atoms with van der Waals surface area (Å²) in [5.41, 5.74) is 2.79. The Bertz CT molecular complexity index is 486. The fourth-order valence-electron chi connectivity index (χ4n) is 2.44. The highest BCUT2D eigenvalue weighted by Crippen LogP contribution is 2.32. The van der Waals surface area contributed by atoms with E-state index in [4.69, 9.17) is 4.99 Å². The van der Waals surface area contributed by atoms with E-state index in [1.54, 1.807) is 0 Å². The number of nitrogens with one attached hydrogen (secondary N) is 1. The van der Waals surface area contributed by atoms with Gasteiger partial charge in [0.1, 0.15) is 0 Å². The smallest absolute Gasteiger partial charge is 0.161 e. The van der Waals surface area contributed by atoms with Crippen LogP contribution in [0.5, 0.6) is 0 Å². The molecular formula is C17H26N2S. The molecule has 0 saturated heterocycles. The molecular weight excluding hydrogens is 264 g/mol. The van der Waals surface area contributed by atoms with E-state index in [1.165, 1.54) is 17.7 Å². The number of thioether (sulfide) groups is 1. The van der Waals surface area contributed by atoms with Crippen LogP contribution in [0.15, 0.2) is 29.3 Å². The second-order valence-corrected chi connectivity index (χ2v) is 7.90. The molecule has 1 N–H and O–H groups in total. The maximum absolute atomic E-state index is 4.92. The standard InChI is InChI=1S/C17H26N2S/c1-12(2)13-8-6-7-9-14(13)18-16-19-15(10-11-20-16)17(3,4)5/h6-9,12,15H,10-11H2,1-5H3,(H,18,19). The summed E-state index contributed by atoms with van der Waals surface area (Å²) in [6.45, 7) is 11.3. The van der Waals surface area contributed by atoms with Gasteiger partial charge < -0.3 is 5.32 Å². The fraction of sp³-hybridized carbons (Fsp3) is 0.588. The number of hydrogen-bond acceptors (Lipinski definition) is 3. The van der Waals surface area contributed by atoms with E-state index >= 15 is 0 Å². The summed E-state index contributed by atoms with van der Waals surface area (Å²) in [7, 11) is 0. The Morgan fingerprint density at radius 2 is 1.95 bits per heavy atom. The lowest BCUT2D eigenvalue weighted by atomic mass is 9.85. The predicted octanol–water partition coefficient (Wildman–Crippen LogP) is 5.13. The lowest BCUT2D eigenvalue weighted by molar-refractivity contribution is 0.316. The Hall–Kier alpha value is -0.960. The quantitative estimate of drug-likeness (QED) is 0.816. The van der Waals surface area contributed by atoms with Crippen LogP contribution in [0.25, 0.3) is 0 Å². The summed E-state index contributed by atoms with van der Waals surface area (Å²) in [5.74, 6) is 1.67. The van der Waals surface area contributed by atoms with E-state index in [2.05, 4.69) is 64.2 Å². The summed E-state index contributed by atoms with van der Waals surface area (Å²) in [6.07, 6.45) is 1.17. The molecule has 1 heterocycles. The van der Waals surface area contributed by atoms with Crippen molar-refractivity contribution in [2.75, 3.05) is 11.1 Å². The highest BCUT2D eigenvalue weighted by Gasteiger charge is 2.27. The number of benzene rings is 1. The minimum Gasteiger partial charge on any atom is -0.335 e. The van der Waals surface area contributed by atoms with Crippen LogP contribution >= 0.6 is 11.8 Å². The topological polar surface area (TPSA) is 24.4 Å². The molecule has 0 bridgehead atoms. The number of anilines is 1. The Kier molecular flexibility index (Phi) is 4.79. The molecule has 1 unspecified atom stereocenters. The molecule has 0 amide bonds. The first-order valence-corrected chi connectivity index (χ1v) is 8.43. The zero-order chi connectivity index (χ0) is 14.8. The molecule has 0 fully saturated rings. The van der Waals surface area contributed by atoms with Gasteiger partial charge in [0.05, 0.1) is 6.04 Å². The number of aliphatic imine (C=N–C) groups is 1. The van der Waals surface area contributed by atoms with Gasteiger partial charge in [-0.25, -0.2) is 0 Å². The average molecular weight is 290 g/mol. The molecule has 2 rings (SSSR count). The predicted molar refractivity (Wildman–Crippen MR) is 91.9 cm³/mol. The second kappa shape index (κ2) is 6.21. The van der Waals surface area contributed by atoms with Gasteiger partial charge in [0.25, 0.3) is 0 Å². The van der Waals surface area contributed by atoms with Crippen molar-refractivity contribution in [2.24, 2.45) is 10.4 Å². The summed E-state index contributed by atoms with van der Waals surface area (Å²) in [4.78, 5) is 4.92. The third-order valence-electron chi connectivity index (χ3n) is 3.73. The lowest BCUT2D eigenvalue weighted by Gasteiger charge is -2.31. The molecule has 110 valence electrons. The Labute approximate surface area is 127 Å². The van der Waals surface area contributed by atoms with E-state index in [-0.39, 0.29) is 5.41 Å². The minimum atomic E-state index is 0.242. The van der Waals surface area contributed by atoms with Crippen molar-refractivity contribution in [3.8, 4) is 0 Å². The highest BCUT2D eigenvalue weighted by atomic mass is 32.2. The third kappa shape index (κ3) is 3.78. The first-order chi connectivity index (χ1) is 9.38. The van der Waals surface area contributed by atoms with Gasteiger partial charge in [-0.05, 0) is 29.4 Å². The zero-order valence-electron chi connectivity index (χ0n) is 13.2. The molecule has 1 aliphatic rings. The molecule has 1 aromatic carbocycles. The molecule has 2 nitrogen and oxygen atoms in total. The molecule has 0 saturated carbocycles. The summed E-state index contributed by atoms with van der Waals surface area (Å²) in [5, 5.41) is 4.62. The van der Waals surface area contributed by atoms with E-state index in [1.807, 2.05) is 11.8 Å². The van der Waals surface area contributed by atoms with Crippen LogP contribution in [-0.2, 0) is 0 Å². The van der Waals surface area contributed by atoms with E-state index in [0.29, 0.717) is 12.0 Å². The van der Waals surface area contributed by atoms with Crippen molar-refractivity contribution < 1.29 is 0 Å². The fourth-order valence-corrected chi connectivity index (χ4v) is 3.35. The van der Waals surface area contributed by atoms with Gasteiger partial charge in [0.2, 0.25) is 0 Å². The Balaban J connectivity index is 2.20. The zero-order valence-corrected chi connectivity index (χ0v) is 14.1. The van der Waals surface area contributed by atoms with Crippen molar-refractivity contribution in [3.05, 3.63) is 29.8 Å². The van der Waals surface area contributed by atoms with Gasteiger partial charge in [-0.2, -0.15) is 0 Å². The molecule has 0 aromatic heterocycles. The number of hydrogen-bond donors (Lipinski definition) is 1. The second-order valence-electron chi connectivity index (χ2n) is 6.82. The summed E-state index contributed by atoms with van der Waals surface area (Å²) < 4.78 is 0. The number of rotatable bonds is 2. The maximum atomic E-state index is 4.92. The molecule has 0 radical (unpaired) electrons. The molecule has 20 heavy (non-hydrogen) atoms. The minimum absolute atomic E-state index is 0.242. The number of amidine groups is 1. The maximum Gasteiger partial charge on any atom is 0.161 e. The lowest BCUT2D eigenvalue weighted by Crippen LogP contribution is -2.30. The van der Waals surface area contributed by atoms with Gasteiger partial charge >= 0.3 is 0 Å². The normalized spacial score (nSPS) is 19.9. The van der Waals surface area contributed by atoms with Crippen LogP contribution in [0.1, 0.15) is 52.5 Å². The van der Waals surface area contributed by atoms with Crippen LogP contribution < -0.4 is 5.32 Å². The highest BCUT2D eigenvalue weighted by molar-refractivity contribution is 8.14. The molecule has 3 heteroatoms. The van der Waals surface area contributed by atoms with Crippen molar-refractivity contribution in [3.63, 3.8) is 0 Å². The van der Waals surface area contributed by atoms with E-state index in [9.17, 15) is 0 Å². The first-order valence-electron chi connectivity index (χ1n) is 7.44. The third-order valence-corrected chi connectivity index (χ3v) is 4.65. The van der Waals surface area contributed by atoms with Gasteiger partial charge in [0, 0.05) is 11.4 Å². The van der Waals surface area contributed by atoms with Gasteiger partial charge in [-0.3, -0.25) is 4.99 Å². The van der Waals surface area contributed by atoms with Gasteiger partial charge in [-0.15, -0.1) is 0 Å². The van der Waals surface area contributed by atoms with Crippen LogP contribution in [-0.4, -0.2) is 17.0 Å². The largest absolute Gasteiger partial charge is 0.335 e. The van der Waals surface area contributed by atoms with E-state index in [0.717, 1.165) is 10.9 Å². The van der Waals surface area contributed by atoms with Crippen LogP contribution in [0.4, 0.5) is 5.69 Å². The molecule has 0 spiro atoms.